The van der Waals surface area contributed by atoms with E-state index < -0.39 is 0 Å². The number of aromatic nitrogens is 2. The third-order valence-corrected chi connectivity index (χ3v) is 2.80. The Bertz CT molecular complexity index is 622. The molecular weight excluding hydrogens is 295 g/mol. The Morgan fingerprint density at radius 1 is 1.25 bits per heavy atom. The summed E-state index contributed by atoms with van der Waals surface area (Å²) >= 11 is 7.93. The fourth-order valence-corrected chi connectivity index (χ4v) is 1.88. The fourth-order valence-electron chi connectivity index (χ4n) is 1.29. The van der Waals surface area contributed by atoms with Gasteiger partial charge in [0.05, 0.1) is 10.2 Å². The van der Waals surface area contributed by atoms with Gasteiger partial charge in [0.1, 0.15) is 5.82 Å². The Kier molecular flexibility index (Phi) is 3.02. The number of hydrogen-bond donors (Lipinski definition) is 2. The maximum Gasteiger partial charge on any atom is 0.252 e. The molecule has 2 N–H and O–H groups in total. The zero-order valence-electron chi connectivity index (χ0n) is 7.88. The maximum absolute atomic E-state index is 13.0. The number of H-pyrrole nitrogens is 2. The zero-order chi connectivity index (χ0) is 11.7. The molecule has 0 saturated carbocycles. The zero-order valence-corrected chi connectivity index (χ0v) is 10.3. The highest BCUT2D eigenvalue weighted by atomic mass is 79.9. The minimum atomic E-state index is -0.354. The summed E-state index contributed by atoms with van der Waals surface area (Å²) in [6.07, 6.45) is 0. The van der Waals surface area contributed by atoms with Crippen molar-refractivity contribution >= 4 is 28.1 Å². The topological polar surface area (TPSA) is 48.6 Å². The Labute approximate surface area is 103 Å². The third-order valence-electron chi connectivity index (χ3n) is 1.99. The number of benzene rings is 1. The van der Waals surface area contributed by atoms with Gasteiger partial charge in [-0.3, -0.25) is 9.78 Å². The van der Waals surface area contributed by atoms with Crippen LogP contribution in [-0.4, -0.2) is 9.97 Å². The van der Waals surface area contributed by atoms with E-state index in [-0.39, 0.29) is 16.1 Å². The van der Waals surface area contributed by atoms with Crippen molar-refractivity contribution in [3.8, 4) is 11.3 Å². The monoisotopic (exact) mass is 300 g/mol. The number of aromatic amines is 2. The van der Waals surface area contributed by atoms with Crippen LogP contribution in [-0.2, 0) is 0 Å². The summed E-state index contributed by atoms with van der Waals surface area (Å²) in [5.41, 5.74) is 0.944. The van der Waals surface area contributed by atoms with Crippen LogP contribution in [0.4, 0.5) is 4.39 Å². The lowest BCUT2D eigenvalue weighted by Crippen LogP contribution is -2.06. The summed E-state index contributed by atoms with van der Waals surface area (Å²) in [6, 6.07) is 5.84. The van der Waals surface area contributed by atoms with Crippen LogP contribution >= 0.6 is 28.1 Å². The van der Waals surface area contributed by atoms with E-state index in [4.69, 9.17) is 12.2 Å². The van der Waals surface area contributed by atoms with Crippen molar-refractivity contribution in [2.24, 2.45) is 0 Å². The van der Waals surface area contributed by atoms with Crippen LogP contribution in [0.3, 0.4) is 0 Å². The highest BCUT2D eigenvalue weighted by Crippen LogP contribution is 2.22. The van der Waals surface area contributed by atoms with Crippen molar-refractivity contribution in [3.05, 3.63) is 49.7 Å². The van der Waals surface area contributed by atoms with Crippen LogP contribution in [0.15, 0.2) is 33.5 Å². The van der Waals surface area contributed by atoms with Gasteiger partial charge < -0.3 is 4.98 Å². The molecule has 0 radical (unpaired) electrons. The number of rotatable bonds is 1. The molecule has 0 amide bonds. The second-order valence-electron chi connectivity index (χ2n) is 3.13. The van der Waals surface area contributed by atoms with E-state index in [1.165, 1.54) is 12.1 Å². The summed E-state index contributed by atoms with van der Waals surface area (Å²) in [5.74, 6) is -0.354. The molecule has 0 spiro atoms. The summed E-state index contributed by atoms with van der Waals surface area (Å²) in [7, 11) is 0. The standard InChI is InChI=1S/C10H6BrFN2OS/c11-6-3-5(1-2-7(6)12)8-4-9(15)14-10(16)13-8/h1-4H,(H2,13,14,15,16). The molecule has 2 rings (SSSR count). The summed E-state index contributed by atoms with van der Waals surface area (Å²) in [4.78, 5) is 16.5. The maximum atomic E-state index is 13.0. The summed E-state index contributed by atoms with van der Waals surface area (Å²) in [6.45, 7) is 0. The van der Waals surface area contributed by atoms with Crippen molar-refractivity contribution in [2.75, 3.05) is 0 Å². The first-order chi connectivity index (χ1) is 7.56. The van der Waals surface area contributed by atoms with E-state index in [2.05, 4.69) is 25.9 Å². The Morgan fingerprint density at radius 3 is 2.62 bits per heavy atom. The molecule has 0 saturated heterocycles. The summed E-state index contributed by atoms with van der Waals surface area (Å²) in [5, 5.41) is 0. The van der Waals surface area contributed by atoms with Crippen molar-refractivity contribution < 1.29 is 4.39 Å². The van der Waals surface area contributed by atoms with Crippen molar-refractivity contribution in [2.45, 2.75) is 0 Å². The van der Waals surface area contributed by atoms with Crippen LogP contribution < -0.4 is 5.56 Å². The van der Waals surface area contributed by atoms with Gasteiger partial charge in [-0.05, 0) is 51.9 Å². The van der Waals surface area contributed by atoms with E-state index in [0.29, 0.717) is 15.7 Å². The van der Waals surface area contributed by atoms with E-state index in [1.807, 2.05) is 0 Å². The van der Waals surface area contributed by atoms with Gasteiger partial charge in [-0.2, -0.15) is 0 Å². The fraction of sp³-hybridized carbons (Fsp3) is 0. The quantitative estimate of drug-likeness (QED) is 0.796. The molecule has 0 fully saturated rings. The average molecular weight is 301 g/mol. The molecule has 1 heterocycles. The molecule has 0 atom stereocenters. The van der Waals surface area contributed by atoms with Gasteiger partial charge in [-0.15, -0.1) is 0 Å². The van der Waals surface area contributed by atoms with Crippen LogP contribution in [0, 0.1) is 10.6 Å². The molecule has 0 aliphatic carbocycles. The average Bonchev–Trinajstić information content (AvgIpc) is 2.20. The van der Waals surface area contributed by atoms with Crippen LogP contribution in [0.5, 0.6) is 0 Å². The Hall–Kier alpha value is -1.27. The molecule has 6 heteroatoms. The van der Waals surface area contributed by atoms with Gasteiger partial charge in [0.2, 0.25) is 0 Å². The molecule has 2 aromatic rings. The largest absolute Gasteiger partial charge is 0.332 e. The highest BCUT2D eigenvalue weighted by molar-refractivity contribution is 9.10. The van der Waals surface area contributed by atoms with Gasteiger partial charge >= 0.3 is 0 Å². The molecule has 0 aliphatic rings. The second kappa shape index (κ2) is 4.31. The second-order valence-corrected chi connectivity index (χ2v) is 4.39. The van der Waals surface area contributed by atoms with Gasteiger partial charge in [0.25, 0.3) is 5.56 Å². The first kappa shape index (κ1) is 11.2. The number of halogens is 2. The van der Waals surface area contributed by atoms with Crippen LogP contribution in [0.2, 0.25) is 0 Å². The number of nitrogens with one attached hydrogen (secondary N) is 2. The molecule has 0 aliphatic heterocycles. The van der Waals surface area contributed by atoms with E-state index >= 15 is 0 Å². The molecule has 1 aromatic carbocycles. The van der Waals surface area contributed by atoms with E-state index in [0.717, 1.165) is 0 Å². The smallest absolute Gasteiger partial charge is 0.252 e. The molecule has 0 bridgehead atoms. The van der Waals surface area contributed by atoms with Gasteiger partial charge in [0, 0.05) is 6.07 Å². The van der Waals surface area contributed by atoms with Crippen molar-refractivity contribution in [3.63, 3.8) is 0 Å². The molecule has 82 valence electrons. The minimum Gasteiger partial charge on any atom is -0.332 e. The number of hydrogen-bond acceptors (Lipinski definition) is 2. The van der Waals surface area contributed by atoms with Crippen LogP contribution in [0.25, 0.3) is 11.3 Å². The summed E-state index contributed by atoms with van der Waals surface area (Å²) < 4.78 is 13.6. The first-order valence-electron chi connectivity index (χ1n) is 4.35. The van der Waals surface area contributed by atoms with Crippen LogP contribution in [0.1, 0.15) is 0 Å². The van der Waals surface area contributed by atoms with Gasteiger partial charge in [-0.25, -0.2) is 4.39 Å². The lowest BCUT2D eigenvalue weighted by molar-refractivity contribution is 0.621. The van der Waals surface area contributed by atoms with Gasteiger partial charge in [-0.1, -0.05) is 0 Å². The third kappa shape index (κ3) is 2.28. The lowest BCUT2D eigenvalue weighted by atomic mass is 10.1. The predicted molar refractivity (Wildman–Crippen MR) is 65.3 cm³/mol. The van der Waals surface area contributed by atoms with E-state index in [9.17, 15) is 9.18 Å². The predicted octanol–water partition coefficient (Wildman–Crippen LogP) is 3.00. The molecule has 1 aromatic heterocycles. The Morgan fingerprint density at radius 2 is 2.00 bits per heavy atom. The van der Waals surface area contributed by atoms with Crippen molar-refractivity contribution in [1.82, 2.24) is 9.97 Å². The molecule has 16 heavy (non-hydrogen) atoms. The normalized spacial score (nSPS) is 10.4. The lowest BCUT2D eigenvalue weighted by Gasteiger charge is -2.02. The van der Waals surface area contributed by atoms with Crippen molar-refractivity contribution in [1.29, 1.82) is 0 Å². The Balaban J connectivity index is 2.63. The molecule has 3 nitrogen and oxygen atoms in total. The highest BCUT2D eigenvalue weighted by Gasteiger charge is 2.03. The van der Waals surface area contributed by atoms with E-state index in [1.54, 1.807) is 12.1 Å². The molecular formula is C10H6BrFN2OS. The minimum absolute atomic E-state index is 0.239. The van der Waals surface area contributed by atoms with Gasteiger partial charge in [0.15, 0.2) is 4.77 Å². The SMILES string of the molecule is O=c1cc(-c2ccc(F)c(Br)c2)[nH]c(=S)[nH]1. The molecule has 0 unspecified atom stereocenters. The first-order valence-corrected chi connectivity index (χ1v) is 5.55.